The summed E-state index contributed by atoms with van der Waals surface area (Å²) in [6, 6.07) is 0.507. The van der Waals surface area contributed by atoms with Gasteiger partial charge in [0, 0.05) is 13.1 Å². The second-order valence-corrected chi connectivity index (χ2v) is 4.32. The third-order valence-corrected chi connectivity index (χ3v) is 3.16. The highest BCUT2D eigenvalue weighted by Gasteiger charge is 2.26. The van der Waals surface area contributed by atoms with Crippen LogP contribution in [-0.2, 0) is 7.05 Å². The van der Waals surface area contributed by atoms with Crippen molar-refractivity contribution in [3.63, 3.8) is 0 Å². The Kier molecular flexibility index (Phi) is 4.76. The minimum Gasteiger partial charge on any atom is -1.00 e. The fraction of sp³-hybridized carbons (Fsp3) is 0.636. The third kappa shape index (κ3) is 2.75. The van der Waals surface area contributed by atoms with Crippen LogP contribution >= 0.6 is 0 Å². The molecular formula is C11H18IN3O. The molecule has 4 nitrogen and oxygen atoms in total. The van der Waals surface area contributed by atoms with E-state index >= 15 is 0 Å². The fourth-order valence-electron chi connectivity index (χ4n) is 2.19. The lowest BCUT2D eigenvalue weighted by molar-refractivity contribution is -0.670. The molecule has 1 fully saturated rings. The summed E-state index contributed by atoms with van der Waals surface area (Å²) in [5.41, 5.74) is 0. The number of amides is 1. The number of imidazole rings is 1. The number of rotatable bonds is 1. The van der Waals surface area contributed by atoms with Crippen LogP contribution in [0.2, 0.25) is 0 Å². The molecule has 0 saturated heterocycles. The van der Waals surface area contributed by atoms with Crippen molar-refractivity contribution in [2.75, 3.05) is 7.05 Å². The van der Waals surface area contributed by atoms with Gasteiger partial charge in [-0.15, -0.1) is 0 Å². The molecule has 0 N–H and O–H groups in total. The van der Waals surface area contributed by atoms with E-state index in [1.54, 1.807) is 17.1 Å². The number of aryl methyl sites for hydroxylation is 1. The molecule has 16 heavy (non-hydrogen) atoms. The van der Waals surface area contributed by atoms with E-state index in [9.17, 15) is 4.79 Å². The smallest absolute Gasteiger partial charge is 0.415 e. The summed E-state index contributed by atoms with van der Waals surface area (Å²) in [4.78, 5) is 13.9. The first kappa shape index (κ1) is 13.5. The molecule has 1 amide bonds. The van der Waals surface area contributed by atoms with E-state index < -0.39 is 0 Å². The van der Waals surface area contributed by atoms with Crippen molar-refractivity contribution < 1.29 is 33.3 Å². The Bertz CT molecular complexity index is 358. The van der Waals surface area contributed by atoms with Gasteiger partial charge in [0.15, 0.2) is 0 Å². The van der Waals surface area contributed by atoms with Crippen molar-refractivity contribution in [2.24, 2.45) is 7.05 Å². The normalized spacial score (nSPS) is 15.9. The molecule has 1 aliphatic carbocycles. The van der Waals surface area contributed by atoms with Crippen LogP contribution in [0.3, 0.4) is 0 Å². The molecule has 0 aliphatic heterocycles. The van der Waals surface area contributed by atoms with Gasteiger partial charge in [-0.05, 0) is 12.8 Å². The molecule has 0 radical (unpaired) electrons. The van der Waals surface area contributed by atoms with Crippen molar-refractivity contribution in [1.29, 1.82) is 0 Å². The van der Waals surface area contributed by atoms with Crippen molar-refractivity contribution in [3.05, 3.63) is 18.7 Å². The van der Waals surface area contributed by atoms with Crippen LogP contribution < -0.4 is 28.5 Å². The zero-order valence-electron chi connectivity index (χ0n) is 9.77. The van der Waals surface area contributed by atoms with Crippen LogP contribution in [0.25, 0.3) is 0 Å². The maximum absolute atomic E-state index is 12.0. The van der Waals surface area contributed by atoms with E-state index in [0.29, 0.717) is 6.04 Å². The molecule has 0 spiro atoms. The molecule has 1 heterocycles. The summed E-state index contributed by atoms with van der Waals surface area (Å²) in [6.45, 7) is 0. The van der Waals surface area contributed by atoms with Crippen molar-refractivity contribution in [1.82, 2.24) is 9.47 Å². The lowest BCUT2D eigenvalue weighted by atomic mass is 10.2. The molecule has 1 aromatic rings. The quantitative estimate of drug-likeness (QED) is 0.438. The fourth-order valence-corrected chi connectivity index (χ4v) is 2.19. The maximum Gasteiger partial charge on any atom is 0.415 e. The minimum atomic E-state index is 0. The number of nitrogens with zero attached hydrogens (tertiary/aromatic N) is 3. The molecule has 90 valence electrons. The van der Waals surface area contributed by atoms with Gasteiger partial charge in [0.25, 0.3) is 6.33 Å². The topological polar surface area (TPSA) is 29.1 Å². The van der Waals surface area contributed by atoms with Gasteiger partial charge in [-0.25, -0.2) is 9.36 Å². The number of hydrogen-bond acceptors (Lipinski definition) is 1. The molecule has 2 rings (SSSR count). The van der Waals surface area contributed by atoms with Gasteiger partial charge < -0.3 is 28.9 Å². The van der Waals surface area contributed by atoms with Crippen LogP contribution in [0.15, 0.2) is 18.7 Å². The van der Waals surface area contributed by atoms with Crippen LogP contribution in [0, 0.1) is 0 Å². The SMILES string of the molecule is CN(C(=O)n1cc[n+](C)c1)C1CCCC1.[I-]. The van der Waals surface area contributed by atoms with Crippen molar-refractivity contribution in [2.45, 2.75) is 31.7 Å². The predicted molar refractivity (Wildman–Crippen MR) is 56.4 cm³/mol. The highest BCUT2D eigenvalue weighted by Crippen LogP contribution is 2.22. The largest absolute Gasteiger partial charge is 1.00 e. The molecule has 0 bridgehead atoms. The summed E-state index contributed by atoms with van der Waals surface area (Å²) < 4.78 is 3.51. The molecule has 1 saturated carbocycles. The summed E-state index contributed by atoms with van der Waals surface area (Å²) >= 11 is 0. The Morgan fingerprint density at radius 3 is 2.56 bits per heavy atom. The molecule has 5 heteroatoms. The Hall–Kier alpha value is -0.590. The minimum absolute atomic E-state index is 0. The lowest BCUT2D eigenvalue weighted by Crippen LogP contribution is -3.00. The molecule has 1 aromatic heterocycles. The van der Waals surface area contributed by atoms with Gasteiger partial charge in [0.1, 0.15) is 12.4 Å². The first-order chi connectivity index (χ1) is 7.18. The summed E-state index contributed by atoms with van der Waals surface area (Å²) in [5.74, 6) is 0. The van der Waals surface area contributed by atoms with Gasteiger partial charge >= 0.3 is 6.03 Å². The van der Waals surface area contributed by atoms with Crippen LogP contribution in [0.4, 0.5) is 4.79 Å². The van der Waals surface area contributed by atoms with Gasteiger partial charge in [-0.1, -0.05) is 12.8 Å². The Balaban J connectivity index is 0.00000128. The van der Waals surface area contributed by atoms with E-state index in [1.165, 1.54) is 12.8 Å². The summed E-state index contributed by atoms with van der Waals surface area (Å²) in [5, 5.41) is 0. The van der Waals surface area contributed by atoms with E-state index in [2.05, 4.69) is 0 Å². The predicted octanol–water partition coefficient (Wildman–Crippen LogP) is -1.84. The van der Waals surface area contributed by atoms with E-state index in [1.807, 2.05) is 29.8 Å². The molecule has 0 unspecified atom stereocenters. The number of carbonyl (C=O) groups excluding carboxylic acids is 1. The Morgan fingerprint density at radius 1 is 1.44 bits per heavy atom. The summed E-state index contributed by atoms with van der Waals surface area (Å²) in [6.07, 6.45) is 10.3. The molecule has 0 aromatic carbocycles. The van der Waals surface area contributed by atoms with Gasteiger partial charge in [0.2, 0.25) is 0 Å². The number of aromatic nitrogens is 2. The number of halogens is 1. The van der Waals surface area contributed by atoms with Crippen LogP contribution in [0.5, 0.6) is 0 Å². The number of carbonyl (C=O) groups is 1. The first-order valence-corrected chi connectivity index (χ1v) is 5.49. The average molecular weight is 335 g/mol. The van der Waals surface area contributed by atoms with E-state index in [0.717, 1.165) is 12.8 Å². The van der Waals surface area contributed by atoms with Gasteiger partial charge in [-0.3, -0.25) is 0 Å². The zero-order valence-corrected chi connectivity index (χ0v) is 11.9. The van der Waals surface area contributed by atoms with Crippen LogP contribution in [-0.4, -0.2) is 28.6 Å². The lowest BCUT2D eigenvalue weighted by Gasteiger charge is -2.21. The molecule has 0 atom stereocenters. The van der Waals surface area contributed by atoms with Crippen molar-refractivity contribution in [3.8, 4) is 0 Å². The van der Waals surface area contributed by atoms with E-state index in [4.69, 9.17) is 0 Å². The van der Waals surface area contributed by atoms with Gasteiger partial charge in [0.05, 0.1) is 7.05 Å². The molecular weight excluding hydrogens is 317 g/mol. The zero-order chi connectivity index (χ0) is 10.8. The van der Waals surface area contributed by atoms with Crippen LogP contribution in [0.1, 0.15) is 25.7 Å². The molecule has 1 aliphatic rings. The summed E-state index contributed by atoms with van der Waals surface area (Å²) in [7, 11) is 3.82. The van der Waals surface area contributed by atoms with Crippen molar-refractivity contribution >= 4 is 6.03 Å². The van der Waals surface area contributed by atoms with E-state index in [-0.39, 0.29) is 30.0 Å². The second-order valence-electron chi connectivity index (χ2n) is 4.32. The van der Waals surface area contributed by atoms with Gasteiger partial charge in [-0.2, -0.15) is 4.57 Å². The maximum atomic E-state index is 12.0. The standard InChI is InChI=1S/C11H18N3O.HI/c1-12-7-8-14(9-12)11(15)13(2)10-5-3-4-6-10;/h7-10H,3-6H2,1-2H3;1H/q+1;/p-1. The monoisotopic (exact) mass is 335 g/mol. The first-order valence-electron chi connectivity index (χ1n) is 5.49. The second kappa shape index (κ2) is 5.65. The average Bonchev–Trinajstić information content (AvgIpc) is 2.85. The number of hydrogen-bond donors (Lipinski definition) is 0. The highest BCUT2D eigenvalue weighted by atomic mass is 127. The Morgan fingerprint density at radius 2 is 2.06 bits per heavy atom. The Labute approximate surface area is 113 Å². The highest BCUT2D eigenvalue weighted by molar-refractivity contribution is 5.76. The third-order valence-electron chi connectivity index (χ3n) is 3.16.